The maximum Gasteiger partial charge on any atom is 0.303 e. The third-order valence-corrected chi connectivity index (χ3v) is 3.19. The van der Waals surface area contributed by atoms with E-state index in [0.717, 1.165) is 0 Å². The first-order valence-corrected chi connectivity index (χ1v) is 6.31. The van der Waals surface area contributed by atoms with Crippen molar-refractivity contribution in [2.75, 3.05) is 0 Å². The molecule has 0 saturated carbocycles. The molecule has 0 bridgehead atoms. The lowest BCUT2D eigenvalue weighted by molar-refractivity contribution is -0.136. The van der Waals surface area contributed by atoms with Crippen LogP contribution in [-0.4, -0.2) is 21.0 Å². The minimum atomic E-state index is -0.883. The molecule has 0 radical (unpaired) electrons. The van der Waals surface area contributed by atoms with Gasteiger partial charge in [-0.05, 0) is 18.6 Å². The number of halogens is 2. The number of hydrogen-bond acceptors (Lipinski definition) is 3. The number of benzene rings is 1. The molecular formula is C13H10Cl2N2O2. The highest BCUT2D eigenvalue weighted by molar-refractivity contribution is 6.33. The van der Waals surface area contributed by atoms with Gasteiger partial charge in [-0.25, -0.2) is 9.97 Å². The third kappa shape index (κ3) is 3.43. The highest BCUT2D eigenvalue weighted by Gasteiger charge is 2.10. The standard InChI is InChI=1S/C13H10Cl2N2O2/c14-10-4-2-1-3-9(10)13-16-7-8(12(15)17-13)5-6-11(18)19/h1-4,7H,5-6H2,(H,18,19). The molecule has 0 amide bonds. The van der Waals surface area contributed by atoms with Crippen molar-refractivity contribution < 1.29 is 9.90 Å². The average molecular weight is 297 g/mol. The minimum absolute atomic E-state index is 0.00544. The van der Waals surface area contributed by atoms with Crippen molar-refractivity contribution in [3.05, 3.63) is 46.2 Å². The summed E-state index contributed by atoms with van der Waals surface area (Å²) in [5.41, 5.74) is 1.30. The van der Waals surface area contributed by atoms with Crippen LogP contribution in [0.4, 0.5) is 0 Å². The second-order valence-corrected chi connectivity index (χ2v) is 4.65. The molecule has 4 nitrogen and oxygen atoms in total. The lowest BCUT2D eigenvalue weighted by Gasteiger charge is -2.06. The smallest absolute Gasteiger partial charge is 0.303 e. The molecule has 6 heteroatoms. The van der Waals surface area contributed by atoms with E-state index in [-0.39, 0.29) is 11.6 Å². The summed E-state index contributed by atoms with van der Waals surface area (Å²) in [6.07, 6.45) is 1.84. The van der Waals surface area contributed by atoms with E-state index in [1.54, 1.807) is 12.1 Å². The molecule has 0 unspecified atom stereocenters. The summed E-state index contributed by atoms with van der Waals surface area (Å²) < 4.78 is 0. The normalized spacial score (nSPS) is 10.4. The molecule has 1 N–H and O–H groups in total. The Morgan fingerprint density at radius 3 is 2.63 bits per heavy atom. The maximum absolute atomic E-state index is 10.5. The largest absolute Gasteiger partial charge is 0.481 e. The molecule has 0 aliphatic carbocycles. The van der Waals surface area contributed by atoms with Gasteiger partial charge in [-0.2, -0.15) is 0 Å². The summed E-state index contributed by atoms with van der Waals surface area (Å²) >= 11 is 12.1. The topological polar surface area (TPSA) is 63.1 Å². The van der Waals surface area contributed by atoms with Gasteiger partial charge in [0.2, 0.25) is 0 Å². The molecule has 0 saturated heterocycles. The van der Waals surface area contributed by atoms with E-state index < -0.39 is 5.97 Å². The molecule has 0 aliphatic rings. The fraction of sp³-hybridized carbons (Fsp3) is 0.154. The second kappa shape index (κ2) is 5.99. The predicted molar refractivity (Wildman–Crippen MR) is 73.4 cm³/mol. The molecule has 0 spiro atoms. The van der Waals surface area contributed by atoms with E-state index in [1.807, 2.05) is 12.1 Å². The lowest BCUT2D eigenvalue weighted by atomic mass is 10.1. The first-order chi connectivity index (χ1) is 9.08. The van der Waals surface area contributed by atoms with Gasteiger partial charge in [0, 0.05) is 23.7 Å². The number of carboxylic acids is 1. The van der Waals surface area contributed by atoms with Crippen LogP contribution in [0.5, 0.6) is 0 Å². The SMILES string of the molecule is O=C(O)CCc1cnc(-c2ccccc2Cl)nc1Cl. The molecule has 98 valence electrons. The van der Waals surface area contributed by atoms with Crippen molar-refractivity contribution in [3.8, 4) is 11.4 Å². The van der Waals surface area contributed by atoms with Crippen molar-refractivity contribution in [1.29, 1.82) is 0 Å². The molecule has 2 aromatic rings. The Morgan fingerprint density at radius 2 is 2.00 bits per heavy atom. The van der Waals surface area contributed by atoms with Crippen molar-refractivity contribution in [2.24, 2.45) is 0 Å². The van der Waals surface area contributed by atoms with E-state index in [4.69, 9.17) is 28.3 Å². The molecule has 2 rings (SSSR count). The van der Waals surface area contributed by atoms with Gasteiger partial charge >= 0.3 is 5.97 Å². The molecule has 1 heterocycles. The number of rotatable bonds is 4. The molecular weight excluding hydrogens is 287 g/mol. The maximum atomic E-state index is 10.5. The Labute approximate surface area is 120 Å². The monoisotopic (exact) mass is 296 g/mol. The van der Waals surface area contributed by atoms with E-state index in [9.17, 15) is 4.79 Å². The quantitative estimate of drug-likeness (QED) is 0.878. The van der Waals surface area contributed by atoms with Crippen LogP contribution in [0.2, 0.25) is 10.2 Å². The van der Waals surface area contributed by atoms with Gasteiger partial charge in [-0.3, -0.25) is 4.79 Å². The summed E-state index contributed by atoms with van der Waals surface area (Å²) in [5, 5.41) is 9.43. The van der Waals surface area contributed by atoms with E-state index in [0.29, 0.717) is 28.4 Å². The van der Waals surface area contributed by atoms with Crippen LogP contribution in [0.3, 0.4) is 0 Å². The van der Waals surface area contributed by atoms with Gasteiger partial charge in [-0.15, -0.1) is 0 Å². The average Bonchev–Trinajstić information content (AvgIpc) is 2.37. The van der Waals surface area contributed by atoms with Crippen LogP contribution in [0.25, 0.3) is 11.4 Å². The summed E-state index contributed by atoms with van der Waals surface area (Å²) in [7, 11) is 0. The number of aliphatic carboxylic acids is 1. The molecule has 1 aromatic heterocycles. The van der Waals surface area contributed by atoms with E-state index >= 15 is 0 Å². The molecule has 19 heavy (non-hydrogen) atoms. The summed E-state index contributed by atoms with van der Waals surface area (Å²) in [5.74, 6) is -0.457. The van der Waals surface area contributed by atoms with Gasteiger partial charge in [0.05, 0.1) is 5.02 Å². The fourth-order valence-corrected chi connectivity index (χ4v) is 2.01. The molecule has 0 atom stereocenters. The Kier molecular flexibility index (Phi) is 4.35. The van der Waals surface area contributed by atoms with Crippen LogP contribution >= 0.6 is 23.2 Å². The van der Waals surface area contributed by atoms with Gasteiger partial charge in [-0.1, -0.05) is 35.3 Å². The zero-order chi connectivity index (χ0) is 13.8. The van der Waals surface area contributed by atoms with Gasteiger partial charge in [0.1, 0.15) is 5.15 Å². The van der Waals surface area contributed by atoms with Crippen LogP contribution < -0.4 is 0 Å². The van der Waals surface area contributed by atoms with Crippen LogP contribution in [-0.2, 0) is 11.2 Å². The number of aryl methyl sites for hydroxylation is 1. The Hall–Kier alpha value is -1.65. The molecule has 0 fully saturated rings. The number of nitrogens with zero attached hydrogens (tertiary/aromatic N) is 2. The van der Waals surface area contributed by atoms with Crippen molar-refractivity contribution >= 4 is 29.2 Å². The first-order valence-electron chi connectivity index (χ1n) is 5.56. The van der Waals surface area contributed by atoms with Gasteiger partial charge < -0.3 is 5.11 Å². The highest BCUT2D eigenvalue weighted by Crippen LogP contribution is 2.26. The zero-order valence-corrected chi connectivity index (χ0v) is 11.3. The molecule has 1 aromatic carbocycles. The summed E-state index contributed by atoms with van der Waals surface area (Å²) in [4.78, 5) is 18.9. The summed E-state index contributed by atoms with van der Waals surface area (Å²) in [6, 6.07) is 7.18. The number of aromatic nitrogens is 2. The Bertz CT molecular complexity index is 617. The number of hydrogen-bond donors (Lipinski definition) is 1. The Balaban J connectivity index is 2.29. The van der Waals surface area contributed by atoms with Crippen LogP contribution in [0, 0.1) is 0 Å². The van der Waals surface area contributed by atoms with E-state index in [2.05, 4.69) is 9.97 Å². The van der Waals surface area contributed by atoms with Crippen molar-refractivity contribution in [3.63, 3.8) is 0 Å². The van der Waals surface area contributed by atoms with Gasteiger partial charge in [0.25, 0.3) is 0 Å². The highest BCUT2D eigenvalue weighted by atomic mass is 35.5. The third-order valence-electron chi connectivity index (χ3n) is 2.53. The van der Waals surface area contributed by atoms with Crippen molar-refractivity contribution in [2.45, 2.75) is 12.8 Å². The van der Waals surface area contributed by atoms with Crippen LogP contribution in [0.15, 0.2) is 30.5 Å². The van der Waals surface area contributed by atoms with Crippen LogP contribution in [0.1, 0.15) is 12.0 Å². The zero-order valence-electron chi connectivity index (χ0n) is 9.81. The molecule has 0 aliphatic heterocycles. The summed E-state index contributed by atoms with van der Waals surface area (Å²) in [6.45, 7) is 0. The van der Waals surface area contributed by atoms with E-state index in [1.165, 1.54) is 6.20 Å². The minimum Gasteiger partial charge on any atom is -0.481 e. The first kappa shape index (κ1) is 13.8. The van der Waals surface area contributed by atoms with Crippen molar-refractivity contribution in [1.82, 2.24) is 9.97 Å². The number of carbonyl (C=O) groups is 1. The Morgan fingerprint density at radius 1 is 1.26 bits per heavy atom. The lowest BCUT2D eigenvalue weighted by Crippen LogP contribution is -2.00. The fourth-order valence-electron chi connectivity index (χ4n) is 1.57. The predicted octanol–water partition coefficient (Wildman–Crippen LogP) is 3.47. The van der Waals surface area contributed by atoms with Gasteiger partial charge in [0.15, 0.2) is 5.82 Å². The number of carboxylic acid groups (broad SMARTS) is 1. The second-order valence-electron chi connectivity index (χ2n) is 3.88.